The lowest BCUT2D eigenvalue weighted by Crippen LogP contribution is -2.04. The third kappa shape index (κ3) is 2.44. The van der Waals surface area contributed by atoms with Gasteiger partial charge in [0.2, 0.25) is 0 Å². The zero-order valence-corrected chi connectivity index (χ0v) is 7.40. The Labute approximate surface area is 77.5 Å². The molecule has 3 nitrogen and oxygen atoms in total. The molecule has 0 amide bonds. The molecule has 1 fully saturated rings. The number of hydrogen-bond donors (Lipinski definition) is 1. The van der Waals surface area contributed by atoms with Crippen LogP contribution in [0, 0.1) is 0 Å². The predicted molar refractivity (Wildman–Crippen MR) is 49.6 cm³/mol. The van der Waals surface area contributed by atoms with Crippen LogP contribution in [0.2, 0.25) is 0 Å². The van der Waals surface area contributed by atoms with E-state index in [1.54, 1.807) is 0 Å². The highest BCUT2D eigenvalue weighted by Gasteiger charge is 2.22. The summed E-state index contributed by atoms with van der Waals surface area (Å²) < 4.78 is 10.5. The van der Waals surface area contributed by atoms with Crippen LogP contribution < -0.4 is 10.5 Å². The van der Waals surface area contributed by atoms with Crippen LogP contribution in [0.25, 0.3) is 0 Å². The first kappa shape index (κ1) is 8.53. The molecule has 0 radical (unpaired) electrons. The van der Waals surface area contributed by atoms with E-state index >= 15 is 0 Å². The fraction of sp³-hybridized carbons (Fsp3) is 0.400. The number of nitrogens with two attached hydrogens (primary N) is 1. The van der Waals surface area contributed by atoms with Gasteiger partial charge in [0, 0.05) is 6.54 Å². The van der Waals surface area contributed by atoms with E-state index < -0.39 is 0 Å². The van der Waals surface area contributed by atoms with Gasteiger partial charge in [0.05, 0.1) is 6.61 Å². The van der Waals surface area contributed by atoms with Crippen molar-refractivity contribution in [3.05, 3.63) is 29.8 Å². The molecule has 1 heterocycles. The van der Waals surface area contributed by atoms with Crippen molar-refractivity contribution in [1.29, 1.82) is 0 Å². The number of hydrogen-bond acceptors (Lipinski definition) is 3. The van der Waals surface area contributed by atoms with Crippen LogP contribution in [0.5, 0.6) is 5.75 Å². The van der Waals surface area contributed by atoms with E-state index in [9.17, 15) is 0 Å². The summed E-state index contributed by atoms with van der Waals surface area (Å²) in [7, 11) is 0. The van der Waals surface area contributed by atoms with Gasteiger partial charge < -0.3 is 15.2 Å². The van der Waals surface area contributed by atoms with E-state index in [1.165, 1.54) is 0 Å². The molecule has 0 saturated carbocycles. The minimum absolute atomic E-state index is 0.307. The molecular formula is C10H13NO2. The van der Waals surface area contributed by atoms with Crippen LogP contribution in [-0.4, -0.2) is 19.3 Å². The Morgan fingerprint density at radius 2 is 2.38 bits per heavy atom. The maximum Gasteiger partial charge on any atom is 0.119 e. The molecule has 13 heavy (non-hydrogen) atoms. The van der Waals surface area contributed by atoms with Gasteiger partial charge >= 0.3 is 0 Å². The van der Waals surface area contributed by atoms with Gasteiger partial charge in [-0.05, 0) is 17.7 Å². The van der Waals surface area contributed by atoms with E-state index in [0.717, 1.165) is 17.9 Å². The van der Waals surface area contributed by atoms with Crippen molar-refractivity contribution in [2.45, 2.75) is 12.6 Å². The van der Waals surface area contributed by atoms with Gasteiger partial charge in [-0.15, -0.1) is 0 Å². The Kier molecular flexibility index (Phi) is 2.47. The molecule has 2 N–H and O–H groups in total. The molecule has 1 aromatic rings. The second-order valence-electron chi connectivity index (χ2n) is 3.12. The molecule has 0 spiro atoms. The normalized spacial score (nSPS) is 19.9. The van der Waals surface area contributed by atoms with Crippen LogP contribution in [-0.2, 0) is 11.3 Å². The number of benzene rings is 1. The average Bonchev–Trinajstić information content (AvgIpc) is 2.99. The van der Waals surface area contributed by atoms with Gasteiger partial charge in [-0.2, -0.15) is 0 Å². The van der Waals surface area contributed by atoms with Crippen molar-refractivity contribution in [2.75, 3.05) is 13.2 Å². The van der Waals surface area contributed by atoms with Gasteiger partial charge in [-0.1, -0.05) is 12.1 Å². The van der Waals surface area contributed by atoms with Crippen LogP contribution in [0.15, 0.2) is 24.3 Å². The first-order valence-corrected chi connectivity index (χ1v) is 4.42. The summed E-state index contributed by atoms with van der Waals surface area (Å²) in [6, 6.07) is 7.83. The largest absolute Gasteiger partial charge is 0.491 e. The zero-order chi connectivity index (χ0) is 9.10. The Morgan fingerprint density at radius 3 is 3.08 bits per heavy atom. The fourth-order valence-corrected chi connectivity index (χ4v) is 1.12. The molecule has 1 unspecified atom stereocenters. The lowest BCUT2D eigenvalue weighted by molar-refractivity contribution is 0.263. The smallest absolute Gasteiger partial charge is 0.119 e. The molecule has 0 aromatic heterocycles. The topological polar surface area (TPSA) is 47.8 Å². The van der Waals surface area contributed by atoms with Crippen molar-refractivity contribution in [1.82, 2.24) is 0 Å². The van der Waals surface area contributed by atoms with E-state index in [0.29, 0.717) is 19.3 Å². The summed E-state index contributed by atoms with van der Waals surface area (Å²) >= 11 is 0. The second kappa shape index (κ2) is 3.77. The first-order valence-electron chi connectivity index (χ1n) is 4.42. The Morgan fingerprint density at radius 1 is 1.54 bits per heavy atom. The highest BCUT2D eigenvalue weighted by Crippen LogP contribution is 2.16. The van der Waals surface area contributed by atoms with E-state index in [-0.39, 0.29) is 0 Å². The monoisotopic (exact) mass is 179 g/mol. The van der Waals surface area contributed by atoms with Gasteiger partial charge in [-0.3, -0.25) is 0 Å². The minimum atomic E-state index is 0.307. The summed E-state index contributed by atoms with van der Waals surface area (Å²) in [5.74, 6) is 0.874. The summed E-state index contributed by atoms with van der Waals surface area (Å²) in [5.41, 5.74) is 6.60. The van der Waals surface area contributed by atoms with Crippen LogP contribution >= 0.6 is 0 Å². The molecule has 1 saturated heterocycles. The number of rotatable bonds is 4. The van der Waals surface area contributed by atoms with Crippen molar-refractivity contribution >= 4 is 0 Å². The average molecular weight is 179 g/mol. The minimum Gasteiger partial charge on any atom is -0.491 e. The third-order valence-corrected chi connectivity index (χ3v) is 1.97. The Bertz CT molecular complexity index is 284. The molecular weight excluding hydrogens is 166 g/mol. The van der Waals surface area contributed by atoms with E-state index in [1.807, 2.05) is 24.3 Å². The second-order valence-corrected chi connectivity index (χ2v) is 3.12. The molecule has 1 atom stereocenters. The van der Waals surface area contributed by atoms with Crippen molar-refractivity contribution in [3.63, 3.8) is 0 Å². The molecule has 70 valence electrons. The SMILES string of the molecule is NCc1cccc(OCC2CO2)c1. The lowest BCUT2D eigenvalue weighted by Gasteiger charge is -2.04. The molecule has 0 bridgehead atoms. The van der Waals surface area contributed by atoms with E-state index in [4.69, 9.17) is 15.2 Å². The van der Waals surface area contributed by atoms with Crippen molar-refractivity contribution in [3.8, 4) is 5.75 Å². The highest BCUT2D eigenvalue weighted by molar-refractivity contribution is 5.28. The maximum absolute atomic E-state index is 5.51. The fourth-order valence-electron chi connectivity index (χ4n) is 1.12. The standard InChI is InChI=1S/C10H13NO2/c11-5-8-2-1-3-9(4-8)12-6-10-7-13-10/h1-4,10H,5-7,11H2. The van der Waals surface area contributed by atoms with E-state index in [2.05, 4.69) is 0 Å². The van der Waals surface area contributed by atoms with Gasteiger partial charge in [-0.25, -0.2) is 0 Å². The van der Waals surface area contributed by atoms with Crippen LogP contribution in [0.3, 0.4) is 0 Å². The summed E-state index contributed by atoms with van der Waals surface area (Å²) in [6.07, 6.45) is 0.307. The number of ether oxygens (including phenoxy) is 2. The molecule has 2 rings (SSSR count). The van der Waals surface area contributed by atoms with Crippen LogP contribution in [0.1, 0.15) is 5.56 Å². The van der Waals surface area contributed by atoms with Crippen LogP contribution in [0.4, 0.5) is 0 Å². The molecule has 1 aliphatic rings. The molecule has 1 aliphatic heterocycles. The predicted octanol–water partition coefficient (Wildman–Crippen LogP) is 0.923. The van der Waals surface area contributed by atoms with Crippen molar-refractivity contribution in [2.24, 2.45) is 5.73 Å². The van der Waals surface area contributed by atoms with Gasteiger partial charge in [0.15, 0.2) is 0 Å². The summed E-state index contributed by atoms with van der Waals surface area (Å²) in [4.78, 5) is 0. The van der Waals surface area contributed by atoms with Gasteiger partial charge in [0.1, 0.15) is 18.5 Å². The molecule has 1 aromatic carbocycles. The lowest BCUT2D eigenvalue weighted by atomic mass is 10.2. The van der Waals surface area contributed by atoms with Crippen molar-refractivity contribution < 1.29 is 9.47 Å². The zero-order valence-electron chi connectivity index (χ0n) is 7.40. The summed E-state index contributed by atoms with van der Waals surface area (Å²) in [6.45, 7) is 2.03. The molecule has 0 aliphatic carbocycles. The molecule has 3 heteroatoms. The first-order chi connectivity index (χ1) is 6.38. The third-order valence-electron chi connectivity index (χ3n) is 1.97. The quantitative estimate of drug-likeness (QED) is 0.699. The highest BCUT2D eigenvalue weighted by atomic mass is 16.6. The Hall–Kier alpha value is -1.06. The number of epoxide rings is 1. The maximum atomic E-state index is 5.51. The van der Waals surface area contributed by atoms with Gasteiger partial charge in [0.25, 0.3) is 0 Å². The Balaban J connectivity index is 1.93. The summed E-state index contributed by atoms with van der Waals surface area (Å²) in [5, 5.41) is 0.